The van der Waals surface area contributed by atoms with Crippen LogP contribution >= 0.6 is 0 Å². The fraction of sp³-hybridized carbons (Fsp3) is 1.00. The molecular weight excluding hydrogens is 204 g/mol. The Morgan fingerprint density at radius 3 is 1.06 bits per heavy atom. The van der Waals surface area contributed by atoms with Gasteiger partial charge in [-0.25, -0.2) is 0 Å². The van der Waals surface area contributed by atoms with E-state index in [1.165, 1.54) is 47.3 Å². The van der Waals surface area contributed by atoms with Crippen molar-refractivity contribution in [2.24, 2.45) is 63.6 Å². The lowest BCUT2D eigenvalue weighted by molar-refractivity contribution is -0.582. The van der Waals surface area contributed by atoms with Crippen LogP contribution in [0.5, 0.6) is 0 Å². The Bertz CT molecular complexity index is 435. The van der Waals surface area contributed by atoms with Crippen molar-refractivity contribution >= 4 is 0 Å². The van der Waals surface area contributed by atoms with Crippen LogP contribution in [-0.2, 0) is 0 Å². The predicted molar refractivity (Wildman–Crippen MR) is 62.9 cm³/mol. The van der Waals surface area contributed by atoms with Gasteiger partial charge in [-0.15, -0.1) is 0 Å². The first-order valence-corrected chi connectivity index (χ1v) is 8.36. The first-order chi connectivity index (χ1) is 8.36. The summed E-state index contributed by atoms with van der Waals surface area (Å²) in [6, 6.07) is 0. The van der Waals surface area contributed by atoms with Gasteiger partial charge in [-0.3, -0.25) is 0 Å². The van der Waals surface area contributed by atoms with Gasteiger partial charge in [0.05, 0.1) is 0 Å². The summed E-state index contributed by atoms with van der Waals surface area (Å²) < 4.78 is 0. The van der Waals surface area contributed by atoms with Gasteiger partial charge >= 0.3 is 0 Å². The fourth-order valence-corrected chi connectivity index (χ4v) is 10.9. The molecule has 17 heavy (non-hydrogen) atoms. The van der Waals surface area contributed by atoms with E-state index in [0.717, 1.165) is 16.2 Å². The smallest absolute Gasteiger partial charge is 0.0162 e. The first-order valence-electron chi connectivity index (χ1n) is 8.36. The van der Waals surface area contributed by atoms with E-state index < -0.39 is 0 Å². The maximum Gasteiger partial charge on any atom is -0.0162 e. The van der Waals surface area contributed by atoms with Gasteiger partial charge in [-0.2, -0.15) is 0 Å². The summed E-state index contributed by atoms with van der Waals surface area (Å²) in [5.74, 6) is 10.2. The molecule has 0 nitrogen and oxygen atoms in total. The maximum atomic E-state index is 1.70. The second-order valence-electron chi connectivity index (χ2n) is 9.41. The van der Waals surface area contributed by atoms with Gasteiger partial charge in [0.2, 0.25) is 0 Å². The van der Waals surface area contributed by atoms with Crippen molar-refractivity contribution in [3.05, 3.63) is 0 Å². The highest BCUT2D eigenvalue weighted by atomic mass is 15.0. The maximum absolute atomic E-state index is 1.70. The van der Waals surface area contributed by atoms with Gasteiger partial charge in [-0.05, 0) is 102 Å². The molecular formula is C17H20. The molecule has 0 amide bonds. The Kier molecular flexibility index (Phi) is 0.694. The zero-order valence-electron chi connectivity index (χ0n) is 10.4. The molecule has 0 saturated heterocycles. The normalized spacial score (nSPS) is 93.2. The van der Waals surface area contributed by atoms with Crippen LogP contribution in [-0.4, -0.2) is 0 Å². The van der Waals surface area contributed by atoms with Crippen LogP contribution in [0.25, 0.3) is 0 Å². The lowest BCUT2D eigenvalue weighted by atomic mass is 8.99. The van der Waals surface area contributed by atoms with Gasteiger partial charge in [-0.1, -0.05) is 0 Å². The fourth-order valence-electron chi connectivity index (χ4n) is 10.9. The van der Waals surface area contributed by atoms with Gasteiger partial charge in [0.15, 0.2) is 0 Å². The zero-order valence-corrected chi connectivity index (χ0v) is 10.4. The molecule has 0 N–H and O–H groups in total. The molecule has 8 rings (SSSR count). The molecule has 8 fully saturated rings. The van der Waals surface area contributed by atoms with Crippen LogP contribution in [0.1, 0.15) is 38.5 Å². The van der Waals surface area contributed by atoms with E-state index >= 15 is 0 Å². The lowest BCUT2D eigenvalue weighted by Gasteiger charge is -3.05. The molecule has 3 spiro atoms. The highest BCUT2D eigenvalue weighted by molar-refractivity contribution is 5.48. The molecule has 0 heterocycles. The largest absolute Gasteiger partial charge is 0.0464 e. The van der Waals surface area contributed by atoms with E-state index in [1.807, 2.05) is 0 Å². The predicted octanol–water partition coefficient (Wildman–Crippen LogP) is 3.32. The molecule has 9 atom stereocenters. The van der Waals surface area contributed by atoms with E-state index in [0.29, 0.717) is 0 Å². The van der Waals surface area contributed by atoms with E-state index in [9.17, 15) is 0 Å². The van der Waals surface area contributed by atoms with Crippen molar-refractivity contribution < 1.29 is 0 Å². The summed E-state index contributed by atoms with van der Waals surface area (Å²) in [5.41, 5.74) is 3.10. The summed E-state index contributed by atoms with van der Waals surface area (Å²) >= 11 is 0. The van der Waals surface area contributed by atoms with Crippen LogP contribution in [0.2, 0.25) is 0 Å². The van der Waals surface area contributed by atoms with Crippen molar-refractivity contribution in [1.29, 1.82) is 0 Å². The molecule has 0 aliphatic heterocycles. The Hall–Kier alpha value is 0. The van der Waals surface area contributed by atoms with Crippen molar-refractivity contribution in [3.8, 4) is 0 Å². The molecule has 0 aromatic carbocycles. The number of hydrogen-bond donors (Lipinski definition) is 0. The quantitative estimate of drug-likeness (QED) is 0.592. The highest BCUT2D eigenvalue weighted by Crippen LogP contribution is 3.06. The Morgan fingerprint density at radius 1 is 0.412 bits per heavy atom. The summed E-state index contributed by atoms with van der Waals surface area (Å²) in [6.45, 7) is 0. The average Bonchev–Trinajstić information content (AvgIpc) is 2.08. The number of hydrogen-bond acceptors (Lipinski definition) is 0. The monoisotopic (exact) mass is 224 g/mol. The van der Waals surface area contributed by atoms with Crippen LogP contribution in [0, 0.1) is 63.6 Å². The van der Waals surface area contributed by atoms with Gasteiger partial charge < -0.3 is 0 Å². The Labute approximate surface area is 103 Å². The topological polar surface area (TPSA) is 0 Å². The molecule has 0 bridgehead atoms. The molecule has 0 heteroatoms. The van der Waals surface area contributed by atoms with Crippen molar-refractivity contribution in [3.63, 3.8) is 0 Å². The molecule has 8 saturated carbocycles. The van der Waals surface area contributed by atoms with Crippen LogP contribution in [0.3, 0.4) is 0 Å². The van der Waals surface area contributed by atoms with Gasteiger partial charge in [0.1, 0.15) is 0 Å². The van der Waals surface area contributed by atoms with Crippen molar-refractivity contribution in [2.75, 3.05) is 0 Å². The third kappa shape index (κ3) is 0.340. The SMILES string of the molecule is C1C2CC3C24C1CC4C31C2CC3CC4C[C@@H]1C342. The van der Waals surface area contributed by atoms with E-state index in [2.05, 4.69) is 0 Å². The van der Waals surface area contributed by atoms with Crippen molar-refractivity contribution in [1.82, 2.24) is 0 Å². The van der Waals surface area contributed by atoms with E-state index in [1.54, 1.807) is 38.5 Å². The molecule has 0 aromatic heterocycles. The van der Waals surface area contributed by atoms with E-state index in [4.69, 9.17) is 0 Å². The molecule has 0 radical (unpaired) electrons. The Balaban J connectivity index is 1.33. The van der Waals surface area contributed by atoms with Gasteiger partial charge in [0, 0.05) is 0 Å². The minimum Gasteiger partial charge on any atom is -0.0464 e. The molecule has 8 unspecified atom stereocenters. The number of rotatable bonds is 0. The van der Waals surface area contributed by atoms with Crippen LogP contribution < -0.4 is 0 Å². The minimum atomic E-state index is 1.01. The van der Waals surface area contributed by atoms with E-state index in [-0.39, 0.29) is 0 Å². The molecule has 8 aliphatic rings. The standard InChI is InChI=1S/C17H20/c1-7-3-11-15(7)8(1)4-12(15)17(11)13-5-9-2-10-6-14(17)16(9,10)13/h7-14H,1-6H2/t7?,8?,9?,10?,11-,12?,13?,14?,15?,16?,17?/m1/s1. The second kappa shape index (κ2) is 1.56. The summed E-state index contributed by atoms with van der Waals surface area (Å²) in [7, 11) is 0. The first kappa shape index (κ1) is 7.56. The lowest BCUT2D eigenvalue weighted by Crippen LogP contribution is -3.01. The van der Waals surface area contributed by atoms with Gasteiger partial charge in [0.25, 0.3) is 0 Å². The average molecular weight is 224 g/mol. The third-order valence-corrected chi connectivity index (χ3v) is 10.9. The minimum absolute atomic E-state index is 1.01. The second-order valence-corrected chi connectivity index (χ2v) is 9.41. The summed E-state index contributed by atoms with van der Waals surface area (Å²) in [6.07, 6.45) is 10.1. The van der Waals surface area contributed by atoms with Crippen molar-refractivity contribution in [2.45, 2.75) is 38.5 Å². The zero-order chi connectivity index (χ0) is 10.4. The Morgan fingerprint density at radius 2 is 0.765 bits per heavy atom. The van der Waals surface area contributed by atoms with Crippen LogP contribution in [0.15, 0.2) is 0 Å². The molecule has 8 aliphatic carbocycles. The number of fused-ring (bicyclic) bond motifs is 4. The molecule has 0 aromatic rings. The summed E-state index contributed by atoms with van der Waals surface area (Å²) in [5, 5.41) is 0. The van der Waals surface area contributed by atoms with Crippen LogP contribution in [0.4, 0.5) is 0 Å². The highest BCUT2D eigenvalue weighted by Gasteiger charge is 3.01. The molecule has 88 valence electrons. The summed E-state index contributed by atoms with van der Waals surface area (Å²) in [4.78, 5) is 0. The third-order valence-electron chi connectivity index (χ3n) is 10.9.